The predicted molar refractivity (Wildman–Crippen MR) is 71.3 cm³/mol. The number of unbranched alkanes of at least 4 members (excludes halogenated alkanes) is 4. The first kappa shape index (κ1) is 13.5. The Labute approximate surface area is 102 Å². The van der Waals surface area contributed by atoms with Crippen LogP contribution in [0, 0.1) is 0 Å². The second-order valence-electron chi connectivity index (χ2n) is 4.31. The van der Waals surface area contributed by atoms with Crippen molar-refractivity contribution in [1.82, 2.24) is 3.96 Å². The Kier molecular flexibility index (Phi) is 6.46. The van der Waals surface area contributed by atoms with Crippen molar-refractivity contribution >= 4 is 11.5 Å². The maximum absolute atomic E-state index is 11.6. The van der Waals surface area contributed by atoms with Crippen LogP contribution in [-0.2, 0) is 13.0 Å². The topological polar surface area (TPSA) is 22.0 Å². The zero-order valence-corrected chi connectivity index (χ0v) is 11.3. The molecule has 0 spiro atoms. The fraction of sp³-hybridized carbons (Fsp3) is 0.769. The quantitative estimate of drug-likeness (QED) is 0.634. The van der Waals surface area contributed by atoms with Crippen molar-refractivity contribution in [2.75, 3.05) is 0 Å². The smallest absolute Gasteiger partial charge is 0.260 e. The van der Waals surface area contributed by atoms with Crippen LogP contribution < -0.4 is 5.56 Å². The Morgan fingerprint density at radius 2 is 1.81 bits per heavy atom. The van der Waals surface area contributed by atoms with E-state index in [1.165, 1.54) is 37.0 Å². The molecule has 0 saturated carbocycles. The molecule has 1 heterocycles. The average molecular weight is 241 g/mol. The number of hydrogen-bond acceptors (Lipinski definition) is 2. The summed E-state index contributed by atoms with van der Waals surface area (Å²) in [6, 6.07) is 1.83. The molecule has 1 aromatic rings. The first-order chi connectivity index (χ1) is 7.77. The van der Waals surface area contributed by atoms with Crippen LogP contribution in [-0.4, -0.2) is 3.96 Å². The van der Waals surface area contributed by atoms with E-state index < -0.39 is 0 Å². The molecule has 3 heteroatoms. The van der Waals surface area contributed by atoms with E-state index >= 15 is 0 Å². The zero-order chi connectivity index (χ0) is 11.8. The molecule has 0 aliphatic heterocycles. The van der Waals surface area contributed by atoms with Gasteiger partial charge in [-0.1, -0.05) is 51.1 Å². The van der Waals surface area contributed by atoms with Crippen LogP contribution in [0.1, 0.15) is 57.2 Å². The molecule has 0 unspecified atom stereocenters. The van der Waals surface area contributed by atoms with Gasteiger partial charge in [0.15, 0.2) is 0 Å². The molecule has 16 heavy (non-hydrogen) atoms. The summed E-state index contributed by atoms with van der Waals surface area (Å²) in [7, 11) is 0. The summed E-state index contributed by atoms with van der Waals surface area (Å²) in [5.41, 5.74) is 0.201. The first-order valence-corrected chi connectivity index (χ1v) is 7.25. The van der Waals surface area contributed by atoms with Gasteiger partial charge in [-0.2, -0.15) is 0 Å². The van der Waals surface area contributed by atoms with Crippen LogP contribution in [0.5, 0.6) is 0 Å². The second kappa shape index (κ2) is 7.66. The van der Waals surface area contributed by atoms with Gasteiger partial charge in [0.1, 0.15) is 0 Å². The molecular weight excluding hydrogens is 218 g/mol. The van der Waals surface area contributed by atoms with Gasteiger partial charge in [-0.15, -0.1) is 0 Å². The highest BCUT2D eigenvalue weighted by atomic mass is 32.1. The highest BCUT2D eigenvalue weighted by Gasteiger charge is 2.03. The van der Waals surface area contributed by atoms with Crippen molar-refractivity contribution < 1.29 is 0 Å². The van der Waals surface area contributed by atoms with Crippen molar-refractivity contribution in [3.63, 3.8) is 0 Å². The van der Waals surface area contributed by atoms with Gasteiger partial charge in [-0.25, -0.2) is 0 Å². The van der Waals surface area contributed by atoms with Gasteiger partial charge in [0.05, 0.1) is 0 Å². The van der Waals surface area contributed by atoms with E-state index in [1.54, 1.807) is 11.5 Å². The van der Waals surface area contributed by atoms with E-state index in [1.807, 2.05) is 10.0 Å². The molecule has 0 fully saturated rings. The number of nitrogens with zero attached hydrogens (tertiary/aromatic N) is 1. The molecule has 0 amide bonds. The summed E-state index contributed by atoms with van der Waals surface area (Å²) in [6.07, 6.45) is 8.36. The van der Waals surface area contributed by atoms with Crippen LogP contribution in [0.25, 0.3) is 0 Å². The van der Waals surface area contributed by atoms with Crippen LogP contribution >= 0.6 is 11.5 Å². The summed E-state index contributed by atoms with van der Waals surface area (Å²) in [4.78, 5) is 12.9. The van der Waals surface area contributed by atoms with Crippen molar-refractivity contribution in [1.29, 1.82) is 0 Å². The molecule has 0 bridgehead atoms. The molecular formula is C13H23NOS. The molecule has 0 atom stereocenters. The molecule has 1 rings (SSSR count). The van der Waals surface area contributed by atoms with Gasteiger partial charge >= 0.3 is 0 Å². The standard InChI is InChI=1S/C13H23NOS/c1-3-5-7-9-12-11-13(15)14(16-12)10-8-6-4-2/h11H,3-10H2,1-2H3. The first-order valence-electron chi connectivity index (χ1n) is 6.48. The SMILES string of the molecule is CCCCCc1cc(=O)n(CCCCC)s1. The minimum atomic E-state index is 0.201. The zero-order valence-electron chi connectivity index (χ0n) is 10.5. The summed E-state index contributed by atoms with van der Waals surface area (Å²) < 4.78 is 1.91. The van der Waals surface area contributed by atoms with Crippen LogP contribution in [0.15, 0.2) is 10.9 Å². The van der Waals surface area contributed by atoms with Crippen LogP contribution in [0.2, 0.25) is 0 Å². The molecule has 2 nitrogen and oxygen atoms in total. The van der Waals surface area contributed by atoms with Gasteiger partial charge in [0.2, 0.25) is 0 Å². The third kappa shape index (κ3) is 4.52. The largest absolute Gasteiger partial charge is 0.268 e. The second-order valence-corrected chi connectivity index (χ2v) is 5.45. The number of aryl methyl sites for hydroxylation is 2. The lowest BCUT2D eigenvalue weighted by Crippen LogP contribution is -2.11. The van der Waals surface area contributed by atoms with Gasteiger partial charge in [-0.05, 0) is 19.3 Å². The number of aromatic nitrogens is 1. The molecule has 0 aliphatic rings. The number of hydrogen-bond donors (Lipinski definition) is 0. The van der Waals surface area contributed by atoms with E-state index in [9.17, 15) is 4.79 Å². The normalized spacial score (nSPS) is 10.9. The van der Waals surface area contributed by atoms with Crippen LogP contribution in [0.4, 0.5) is 0 Å². The Morgan fingerprint density at radius 1 is 1.12 bits per heavy atom. The Bertz CT molecular complexity index is 340. The third-order valence-electron chi connectivity index (χ3n) is 2.75. The highest BCUT2D eigenvalue weighted by molar-refractivity contribution is 7.06. The minimum absolute atomic E-state index is 0.201. The monoisotopic (exact) mass is 241 g/mol. The molecule has 92 valence electrons. The summed E-state index contributed by atoms with van der Waals surface area (Å²) >= 11 is 1.66. The molecule has 0 radical (unpaired) electrons. The van der Waals surface area contributed by atoms with Crippen molar-refractivity contribution in [3.05, 3.63) is 21.3 Å². The molecule has 0 aliphatic carbocycles. The fourth-order valence-electron chi connectivity index (χ4n) is 1.75. The summed E-state index contributed by atoms with van der Waals surface area (Å²) in [6.45, 7) is 5.30. The van der Waals surface area contributed by atoms with E-state index in [4.69, 9.17) is 0 Å². The Hall–Kier alpha value is -0.570. The number of rotatable bonds is 8. The Morgan fingerprint density at radius 3 is 2.50 bits per heavy atom. The van der Waals surface area contributed by atoms with Gasteiger partial charge < -0.3 is 0 Å². The Balaban J connectivity index is 2.43. The van der Waals surface area contributed by atoms with Crippen molar-refractivity contribution in [3.8, 4) is 0 Å². The lowest BCUT2D eigenvalue weighted by atomic mass is 10.2. The van der Waals surface area contributed by atoms with Gasteiger partial charge in [0, 0.05) is 17.5 Å². The average Bonchev–Trinajstić information content (AvgIpc) is 2.61. The maximum atomic E-state index is 11.6. The molecule has 0 saturated heterocycles. The highest BCUT2D eigenvalue weighted by Crippen LogP contribution is 2.11. The lowest BCUT2D eigenvalue weighted by Gasteiger charge is -1.99. The summed E-state index contributed by atoms with van der Waals surface area (Å²) in [5, 5.41) is 0. The molecule has 1 aromatic heterocycles. The summed E-state index contributed by atoms with van der Waals surface area (Å²) in [5.74, 6) is 0. The van der Waals surface area contributed by atoms with Gasteiger partial charge in [-0.3, -0.25) is 8.75 Å². The van der Waals surface area contributed by atoms with E-state index in [2.05, 4.69) is 13.8 Å². The van der Waals surface area contributed by atoms with Gasteiger partial charge in [0.25, 0.3) is 5.56 Å². The van der Waals surface area contributed by atoms with Crippen molar-refractivity contribution in [2.24, 2.45) is 0 Å². The molecule has 0 aromatic carbocycles. The lowest BCUT2D eigenvalue weighted by molar-refractivity contribution is 0.623. The minimum Gasteiger partial charge on any atom is -0.268 e. The van der Waals surface area contributed by atoms with Crippen molar-refractivity contribution in [2.45, 2.75) is 65.3 Å². The van der Waals surface area contributed by atoms with E-state index in [0.29, 0.717) is 0 Å². The predicted octanol–water partition coefficient (Wildman–Crippen LogP) is 3.83. The van der Waals surface area contributed by atoms with E-state index in [0.717, 1.165) is 19.4 Å². The van der Waals surface area contributed by atoms with E-state index in [-0.39, 0.29) is 5.56 Å². The molecule has 0 N–H and O–H groups in total. The maximum Gasteiger partial charge on any atom is 0.260 e. The third-order valence-corrected chi connectivity index (χ3v) is 3.89. The fourth-order valence-corrected chi connectivity index (χ4v) is 2.79. The van der Waals surface area contributed by atoms with Crippen LogP contribution in [0.3, 0.4) is 0 Å².